The van der Waals surface area contributed by atoms with Crippen LogP contribution >= 0.6 is 0 Å². The lowest BCUT2D eigenvalue weighted by Crippen LogP contribution is -2.42. The van der Waals surface area contributed by atoms with Crippen LogP contribution in [0, 0.1) is 11.8 Å². The third-order valence-corrected chi connectivity index (χ3v) is 6.16. The summed E-state index contributed by atoms with van der Waals surface area (Å²) >= 11 is 0. The largest absolute Gasteiger partial charge is 0.381 e. The molecule has 5 nitrogen and oxygen atoms in total. The maximum absolute atomic E-state index is 12.3. The summed E-state index contributed by atoms with van der Waals surface area (Å²) in [6.07, 6.45) is 2.84. The van der Waals surface area contributed by atoms with Crippen LogP contribution in [-0.4, -0.2) is 57.9 Å². The Morgan fingerprint density at radius 1 is 1.21 bits per heavy atom. The van der Waals surface area contributed by atoms with Crippen LogP contribution in [0.25, 0.3) is 0 Å². The average molecular weight is 290 g/mol. The van der Waals surface area contributed by atoms with Crippen molar-refractivity contribution < 1.29 is 13.2 Å². The zero-order valence-electron chi connectivity index (χ0n) is 11.8. The fourth-order valence-corrected chi connectivity index (χ4v) is 4.69. The minimum absolute atomic E-state index is 0.199. The summed E-state index contributed by atoms with van der Waals surface area (Å²) in [4.78, 5) is 0. The van der Waals surface area contributed by atoms with Gasteiger partial charge >= 0.3 is 0 Å². The molecule has 19 heavy (non-hydrogen) atoms. The molecule has 1 N–H and O–H groups in total. The molecule has 6 heteroatoms. The van der Waals surface area contributed by atoms with E-state index in [2.05, 4.69) is 12.2 Å². The van der Waals surface area contributed by atoms with E-state index in [0.29, 0.717) is 32.2 Å². The first-order chi connectivity index (χ1) is 9.12. The van der Waals surface area contributed by atoms with E-state index in [0.717, 1.165) is 32.4 Å². The summed E-state index contributed by atoms with van der Waals surface area (Å²) in [5.41, 5.74) is 0. The Kier molecular flexibility index (Phi) is 5.62. The molecular weight excluding hydrogens is 264 g/mol. The number of hydrogen-bond acceptors (Lipinski definition) is 4. The molecule has 2 fully saturated rings. The number of rotatable bonds is 6. The van der Waals surface area contributed by atoms with Crippen LogP contribution in [-0.2, 0) is 14.8 Å². The molecule has 0 amide bonds. The third-order valence-electron chi connectivity index (χ3n) is 4.12. The second kappa shape index (κ2) is 7.02. The Morgan fingerprint density at radius 2 is 1.95 bits per heavy atom. The molecule has 2 rings (SSSR count). The number of nitrogens with one attached hydrogen (secondary N) is 1. The van der Waals surface area contributed by atoms with Crippen molar-refractivity contribution in [1.82, 2.24) is 9.62 Å². The topological polar surface area (TPSA) is 58.6 Å². The SMILES string of the molecule is CCNCC1CCN(S(=O)(=O)CC2CCOC2)CC1. The smallest absolute Gasteiger partial charge is 0.214 e. The van der Waals surface area contributed by atoms with E-state index >= 15 is 0 Å². The molecule has 0 saturated carbocycles. The van der Waals surface area contributed by atoms with Crippen molar-refractivity contribution in [3.05, 3.63) is 0 Å². The zero-order valence-corrected chi connectivity index (χ0v) is 12.6. The van der Waals surface area contributed by atoms with Gasteiger partial charge in [-0.15, -0.1) is 0 Å². The molecule has 0 aromatic heterocycles. The van der Waals surface area contributed by atoms with E-state index in [1.807, 2.05) is 0 Å². The summed E-state index contributed by atoms with van der Waals surface area (Å²) in [6.45, 7) is 6.79. The first-order valence-corrected chi connectivity index (χ1v) is 8.99. The molecule has 1 atom stereocenters. The van der Waals surface area contributed by atoms with Gasteiger partial charge in [-0.3, -0.25) is 0 Å². The van der Waals surface area contributed by atoms with Crippen LogP contribution in [0.1, 0.15) is 26.2 Å². The Balaban J connectivity index is 1.79. The molecule has 2 saturated heterocycles. The monoisotopic (exact) mass is 290 g/mol. The molecule has 1 unspecified atom stereocenters. The highest BCUT2D eigenvalue weighted by atomic mass is 32.2. The standard InChI is InChI=1S/C13H26N2O3S/c1-2-14-9-12-3-6-15(7-4-12)19(16,17)11-13-5-8-18-10-13/h12-14H,2-11H2,1H3. The molecule has 0 radical (unpaired) electrons. The van der Waals surface area contributed by atoms with Crippen LogP contribution in [0.15, 0.2) is 0 Å². The van der Waals surface area contributed by atoms with E-state index in [9.17, 15) is 8.42 Å². The van der Waals surface area contributed by atoms with E-state index in [1.165, 1.54) is 0 Å². The quantitative estimate of drug-likeness (QED) is 0.781. The van der Waals surface area contributed by atoms with Crippen molar-refractivity contribution >= 4 is 10.0 Å². The van der Waals surface area contributed by atoms with Crippen LogP contribution in [0.4, 0.5) is 0 Å². The molecule has 112 valence electrons. The van der Waals surface area contributed by atoms with Gasteiger partial charge in [0.1, 0.15) is 0 Å². The molecular formula is C13H26N2O3S. The molecule has 0 spiro atoms. The van der Waals surface area contributed by atoms with Crippen molar-refractivity contribution in [3.8, 4) is 0 Å². The van der Waals surface area contributed by atoms with E-state index in [-0.39, 0.29) is 11.7 Å². The summed E-state index contributed by atoms with van der Waals surface area (Å²) < 4.78 is 31.6. The Morgan fingerprint density at radius 3 is 2.53 bits per heavy atom. The van der Waals surface area contributed by atoms with Crippen molar-refractivity contribution in [1.29, 1.82) is 0 Å². The van der Waals surface area contributed by atoms with Gasteiger partial charge in [-0.1, -0.05) is 6.92 Å². The minimum Gasteiger partial charge on any atom is -0.381 e. The van der Waals surface area contributed by atoms with Gasteiger partial charge in [0.05, 0.1) is 12.4 Å². The summed E-state index contributed by atoms with van der Waals surface area (Å²) in [5.74, 6) is 1.09. The van der Waals surface area contributed by atoms with Crippen molar-refractivity contribution in [3.63, 3.8) is 0 Å². The fourth-order valence-electron chi connectivity index (χ4n) is 2.86. The molecule has 2 aliphatic rings. The van der Waals surface area contributed by atoms with Gasteiger partial charge in [-0.2, -0.15) is 0 Å². The highest BCUT2D eigenvalue weighted by Gasteiger charge is 2.31. The Labute approximate surface area is 116 Å². The van der Waals surface area contributed by atoms with Crippen molar-refractivity contribution in [2.75, 3.05) is 45.1 Å². The van der Waals surface area contributed by atoms with Gasteiger partial charge in [0.15, 0.2) is 0 Å². The van der Waals surface area contributed by atoms with Crippen LogP contribution in [0.5, 0.6) is 0 Å². The van der Waals surface area contributed by atoms with Gasteiger partial charge in [0.2, 0.25) is 10.0 Å². The van der Waals surface area contributed by atoms with Crippen molar-refractivity contribution in [2.24, 2.45) is 11.8 Å². The minimum atomic E-state index is -3.08. The van der Waals surface area contributed by atoms with Crippen molar-refractivity contribution in [2.45, 2.75) is 26.2 Å². The predicted octanol–water partition coefficient (Wildman–Crippen LogP) is 0.674. The average Bonchev–Trinajstić information content (AvgIpc) is 2.89. The van der Waals surface area contributed by atoms with Gasteiger partial charge in [0.25, 0.3) is 0 Å². The van der Waals surface area contributed by atoms with Gasteiger partial charge in [-0.25, -0.2) is 12.7 Å². The molecule has 2 heterocycles. The van der Waals surface area contributed by atoms with E-state index in [4.69, 9.17) is 4.74 Å². The maximum Gasteiger partial charge on any atom is 0.214 e. The predicted molar refractivity (Wildman–Crippen MR) is 75.6 cm³/mol. The lowest BCUT2D eigenvalue weighted by molar-refractivity contribution is 0.188. The molecule has 2 aliphatic heterocycles. The van der Waals surface area contributed by atoms with Gasteiger partial charge in [-0.05, 0) is 44.2 Å². The second-order valence-corrected chi connectivity index (χ2v) is 7.67. The lowest BCUT2D eigenvalue weighted by Gasteiger charge is -2.31. The molecule has 0 aromatic carbocycles. The zero-order chi connectivity index (χ0) is 13.7. The van der Waals surface area contributed by atoms with Gasteiger partial charge < -0.3 is 10.1 Å². The maximum atomic E-state index is 12.3. The normalized spacial score (nSPS) is 26.9. The highest BCUT2D eigenvalue weighted by Crippen LogP contribution is 2.22. The second-order valence-electron chi connectivity index (χ2n) is 5.66. The van der Waals surface area contributed by atoms with Crippen LogP contribution in [0.3, 0.4) is 0 Å². The van der Waals surface area contributed by atoms with Crippen LogP contribution < -0.4 is 5.32 Å². The number of sulfonamides is 1. The number of ether oxygens (including phenoxy) is 1. The summed E-state index contributed by atoms with van der Waals surface area (Å²) in [6, 6.07) is 0. The van der Waals surface area contributed by atoms with Gasteiger partial charge in [0, 0.05) is 19.7 Å². The first kappa shape index (κ1) is 15.2. The number of piperidine rings is 1. The lowest BCUT2D eigenvalue weighted by atomic mass is 9.98. The molecule has 0 bridgehead atoms. The summed E-state index contributed by atoms with van der Waals surface area (Å²) in [5, 5.41) is 3.35. The fraction of sp³-hybridized carbons (Fsp3) is 1.00. The van der Waals surface area contributed by atoms with Crippen LogP contribution in [0.2, 0.25) is 0 Å². The Hall–Kier alpha value is -0.170. The Bertz CT molecular complexity index is 358. The highest BCUT2D eigenvalue weighted by molar-refractivity contribution is 7.89. The van der Waals surface area contributed by atoms with E-state index in [1.54, 1.807) is 4.31 Å². The summed E-state index contributed by atoms with van der Waals surface area (Å²) in [7, 11) is -3.08. The van der Waals surface area contributed by atoms with E-state index < -0.39 is 10.0 Å². The molecule has 0 aromatic rings. The third kappa shape index (κ3) is 4.41. The number of nitrogens with zero attached hydrogens (tertiary/aromatic N) is 1. The first-order valence-electron chi connectivity index (χ1n) is 7.38. The number of hydrogen-bond donors (Lipinski definition) is 1. The molecule has 0 aliphatic carbocycles.